The summed E-state index contributed by atoms with van der Waals surface area (Å²) in [5, 5.41) is 6.12. The molecule has 154 valence electrons. The lowest BCUT2D eigenvalue weighted by Crippen LogP contribution is -2.44. The third kappa shape index (κ3) is 7.74. The van der Waals surface area contributed by atoms with Gasteiger partial charge in [-0.3, -0.25) is 0 Å². The van der Waals surface area contributed by atoms with Crippen LogP contribution in [-0.2, 0) is 0 Å². The maximum atomic E-state index is 5.30. The van der Waals surface area contributed by atoms with Crippen molar-refractivity contribution in [2.45, 2.75) is 27.7 Å². The minimum atomic E-state index is -0.148. The average Bonchev–Trinajstić information content (AvgIpc) is 3.02. The van der Waals surface area contributed by atoms with Gasteiger partial charge in [0.1, 0.15) is 0 Å². The van der Waals surface area contributed by atoms with Crippen LogP contribution >= 0.6 is 169 Å². The molecule has 4 atom stereocenters. The standard InChI is InChI=1S/C12H22S14/c13-1-18-10(9-23-6-24-9)26-8-7(21-5-22-8)12(17,25-4-16)11(19-2-14)20-3-15/h7-11,13-17H,1-6H2. The Labute approximate surface area is 224 Å². The van der Waals surface area contributed by atoms with Crippen molar-refractivity contribution in [2.75, 3.05) is 30.5 Å². The van der Waals surface area contributed by atoms with Crippen LogP contribution in [0.5, 0.6) is 0 Å². The molecule has 0 bridgehead atoms. The van der Waals surface area contributed by atoms with Gasteiger partial charge in [-0.05, 0) is 0 Å². The molecule has 2 rings (SSSR count). The molecule has 26 heavy (non-hydrogen) atoms. The first-order chi connectivity index (χ1) is 12.6. The third-order valence-electron chi connectivity index (χ3n) is 3.41. The second-order valence-corrected chi connectivity index (χ2v) is 21.1. The molecule has 0 spiro atoms. The van der Waals surface area contributed by atoms with E-state index in [1.165, 1.54) is 5.08 Å². The van der Waals surface area contributed by atoms with E-state index in [4.69, 9.17) is 12.6 Å². The van der Waals surface area contributed by atoms with Gasteiger partial charge in [0.15, 0.2) is 0 Å². The lowest BCUT2D eigenvalue weighted by molar-refractivity contribution is 0.855. The lowest BCUT2D eigenvalue weighted by Gasteiger charge is -2.42. The Morgan fingerprint density at radius 2 is 1.46 bits per heavy atom. The van der Waals surface area contributed by atoms with E-state index in [2.05, 4.69) is 109 Å². The molecule has 0 radical (unpaired) electrons. The average molecular weight is 615 g/mol. The SMILES string of the molecule is SCSC(SC1SCSC1C(S)(SCS)C(SCS)SCS)C1SCS1. The van der Waals surface area contributed by atoms with E-state index in [1.807, 2.05) is 47.0 Å². The fourth-order valence-electron chi connectivity index (χ4n) is 2.27. The van der Waals surface area contributed by atoms with Crippen molar-refractivity contribution >= 4 is 169 Å². The monoisotopic (exact) mass is 614 g/mol. The maximum absolute atomic E-state index is 5.30. The summed E-state index contributed by atoms with van der Waals surface area (Å²) in [6.45, 7) is 0. The van der Waals surface area contributed by atoms with E-state index in [9.17, 15) is 0 Å². The van der Waals surface area contributed by atoms with Gasteiger partial charge in [-0.25, -0.2) is 0 Å². The molecule has 0 aliphatic carbocycles. The number of thiol groups is 5. The zero-order valence-corrected chi connectivity index (χ0v) is 25.4. The molecule has 4 unspecified atom stereocenters. The molecule has 2 aliphatic heterocycles. The molecule has 2 heterocycles. The summed E-state index contributed by atoms with van der Waals surface area (Å²) in [5.41, 5.74) is 0. The Morgan fingerprint density at radius 1 is 0.846 bits per heavy atom. The second kappa shape index (κ2) is 14.9. The highest BCUT2D eigenvalue weighted by atomic mass is 32.3. The molecule has 2 aliphatic rings. The summed E-state index contributed by atoms with van der Waals surface area (Å²) in [5.74, 6) is 0. The fourth-order valence-corrected chi connectivity index (χ4v) is 20.6. The molecule has 0 aromatic heterocycles. The van der Waals surface area contributed by atoms with Crippen LogP contribution in [0.25, 0.3) is 0 Å². The Balaban J connectivity index is 2.13. The van der Waals surface area contributed by atoms with Gasteiger partial charge in [-0.1, -0.05) is 0 Å². The van der Waals surface area contributed by atoms with Gasteiger partial charge in [0.25, 0.3) is 0 Å². The van der Waals surface area contributed by atoms with Crippen LogP contribution in [0.4, 0.5) is 0 Å². The van der Waals surface area contributed by atoms with Crippen molar-refractivity contribution in [3.63, 3.8) is 0 Å². The Hall–Kier alpha value is 4.90. The van der Waals surface area contributed by atoms with Crippen LogP contribution in [0.2, 0.25) is 0 Å². The van der Waals surface area contributed by atoms with Crippen LogP contribution in [-0.4, -0.2) is 58.2 Å². The van der Waals surface area contributed by atoms with Crippen molar-refractivity contribution in [3.05, 3.63) is 0 Å². The van der Waals surface area contributed by atoms with Crippen LogP contribution < -0.4 is 0 Å². The first kappa shape index (κ1) is 27.1. The van der Waals surface area contributed by atoms with E-state index < -0.39 is 0 Å². The van der Waals surface area contributed by atoms with E-state index in [0.717, 1.165) is 25.4 Å². The molecule has 0 saturated carbocycles. The van der Waals surface area contributed by atoms with Crippen molar-refractivity contribution < 1.29 is 0 Å². The van der Waals surface area contributed by atoms with Gasteiger partial charge >= 0.3 is 0 Å². The number of rotatable bonds is 13. The van der Waals surface area contributed by atoms with E-state index in [1.54, 1.807) is 0 Å². The molecule has 0 amide bonds. The molecular formula is C12H22S14. The normalized spacial score (nSPS) is 27.5. The summed E-state index contributed by atoms with van der Waals surface area (Å²) in [6, 6.07) is 0. The third-order valence-corrected chi connectivity index (χ3v) is 20.7. The van der Waals surface area contributed by atoms with Crippen molar-refractivity contribution in [1.82, 2.24) is 0 Å². The van der Waals surface area contributed by atoms with Crippen LogP contribution in [0.15, 0.2) is 0 Å². The summed E-state index contributed by atoms with van der Waals surface area (Å²) >= 11 is 41.4. The van der Waals surface area contributed by atoms with E-state index in [0.29, 0.717) is 23.6 Å². The highest BCUT2D eigenvalue weighted by Crippen LogP contribution is 2.61. The van der Waals surface area contributed by atoms with Gasteiger partial charge in [-0.15, -0.1) is 106 Å². The smallest absolute Gasteiger partial charge is 0.0937 e. The minimum Gasteiger partial charge on any atom is -0.168 e. The molecule has 14 heteroatoms. The molecule has 0 aromatic carbocycles. The predicted molar refractivity (Wildman–Crippen MR) is 164 cm³/mol. The van der Waals surface area contributed by atoms with Crippen LogP contribution in [0.1, 0.15) is 0 Å². The van der Waals surface area contributed by atoms with Crippen molar-refractivity contribution in [2.24, 2.45) is 0 Å². The second-order valence-electron chi connectivity index (χ2n) is 4.81. The predicted octanol–water partition coefficient (Wildman–Crippen LogP) is 7.38. The van der Waals surface area contributed by atoms with Crippen LogP contribution in [0.3, 0.4) is 0 Å². The Morgan fingerprint density at radius 3 is 1.96 bits per heavy atom. The molecular weight excluding hydrogens is 593 g/mol. The quantitative estimate of drug-likeness (QED) is 0.106. The van der Waals surface area contributed by atoms with Gasteiger partial charge in [0.05, 0.1) is 27.7 Å². The Kier molecular flexibility index (Phi) is 15.6. The van der Waals surface area contributed by atoms with Gasteiger partial charge < -0.3 is 0 Å². The zero-order valence-electron chi connectivity index (χ0n) is 13.5. The topological polar surface area (TPSA) is 0 Å². The van der Waals surface area contributed by atoms with Crippen molar-refractivity contribution in [1.29, 1.82) is 0 Å². The van der Waals surface area contributed by atoms with Crippen molar-refractivity contribution in [3.8, 4) is 0 Å². The molecule has 0 nitrogen and oxygen atoms in total. The molecule has 2 saturated heterocycles. The van der Waals surface area contributed by atoms with Crippen LogP contribution in [0, 0.1) is 0 Å². The largest absolute Gasteiger partial charge is 0.168 e. The van der Waals surface area contributed by atoms with Gasteiger partial charge in [0, 0.05) is 30.5 Å². The summed E-state index contributed by atoms with van der Waals surface area (Å²) in [6.07, 6.45) is 0. The first-order valence-electron chi connectivity index (χ1n) is 7.37. The first-order valence-corrected chi connectivity index (χ1v) is 19.6. The Bertz CT molecular complexity index is 388. The highest BCUT2D eigenvalue weighted by molar-refractivity contribution is 8.37. The summed E-state index contributed by atoms with van der Waals surface area (Å²) in [7, 11) is 0. The van der Waals surface area contributed by atoms with Gasteiger partial charge in [0.2, 0.25) is 0 Å². The maximum Gasteiger partial charge on any atom is 0.0937 e. The van der Waals surface area contributed by atoms with E-state index in [-0.39, 0.29) is 4.08 Å². The summed E-state index contributed by atoms with van der Waals surface area (Å²) in [4.78, 5) is 0. The highest BCUT2D eigenvalue weighted by Gasteiger charge is 2.51. The van der Waals surface area contributed by atoms with Gasteiger partial charge in [-0.2, -0.15) is 63.1 Å². The summed E-state index contributed by atoms with van der Waals surface area (Å²) < 4.78 is 2.05. The molecule has 2 fully saturated rings. The molecule has 0 aromatic rings. The number of thioether (sulfide) groups is 9. The lowest BCUT2D eigenvalue weighted by atomic mass is 10.3. The van der Waals surface area contributed by atoms with E-state index >= 15 is 0 Å². The molecule has 0 N–H and O–H groups in total. The fraction of sp³-hybridized carbons (Fsp3) is 1.00. The minimum absolute atomic E-state index is 0.148. The zero-order chi connectivity index (χ0) is 19.0. The number of hydrogen-bond donors (Lipinski definition) is 5. The number of hydrogen-bond acceptors (Lipinski definition) is 14.